The molecule has 1 aliphatic heterocycles. The Hall–Kier alpha value is -1.46. The molecule has 1 amide bonds. The number of nitrogens with one attached hydrogen (secondary N) is 1. The fourth-order valence-corrected chi connectivity index (χ4v) is 2.38. The number of carbonyl (C=O) groups is 1. The van der Waals surface area contributed by atoms with Crippen LogP contribution in [0.15, 0.2) is 24.3 Å². The van der Waals surface area contributed by atoms with Crippen LogP contribution in [0, 0.1) is 11.7 Å². The molecule has 1 unspecified atom stereocenters. The number of hydrogen-bond acceptors (Lipinski definition) is 3. The van der Waals surface area contributed by atoms with Crippen molar-refractivity contribution in [2.75, 3.05) is 31.6 Å². The molecule has 1 aromatic rings. The second-order valence-electron chi connectivity index (χ2n) is 4.98. The van der Waals surface area contributed by atoms with Crippen molar-refractivity contribution in [1.82, 2.24) is 4.90 Å². The summed E-state index contributed by atoms with van der Waals surface area (Å²) in [5.74, 6) is -0.155. The number of carbonyl (C=O) groups excluding carboxylic acids is 1. The van der Waals surface area contributed by atoms with Crippen LogP contribution in [0.3, 0.4) is 0 Å². The van der Waals surface area contributed by atoms with Gasteiger partial charge in [-0.25, -0.2) is 4.39 Å². The number of likely N-dealkylation sites (tertiary alicyclic amines) is 1. The average Bonchev–Trinajstić information content (AvgIpc) is 2.41. The van der Waals surface area contributed by atoms with E-state index in [0.717, 1.165) is 25.9 Å². The third kappa shape index (κ3) is 4.29. The summed E-state index contributed by atoms with van der Waals surface area (Å²) in [6.45, 7) is 2.13. The van der Waals surface area contributed by atoms with Crippen molar-refractivity contribution in [3.63, 3.8) is 0 Å². The van der Waals surface area contributed by atoms with E-state index in [2.05, 4.69) is 5.32 Å². The van der Waals surface area contributed by atoms with Gasteiger partial charge in [0.1, 0.15) is 5.82 Å². The maximum absolute atomic E-state index is 12.7. The van der Waals surface area contributed by atoms with E-state index in [9.17, 15) is 9.18 Å². The lowest BCUT2D eigenvalue weighted by atomic mass is 9.99. The topological polar surface area (TPSA) is 52.6 Å². The lowest BCUT2D eigenvalue weighted by Crippen LogP contribution is -2.41. The van der Waals surface area contributed by atoms with Crippen molar-refractivity contribution in [3.8, 4) is 0 Å². The van der Waals surface area contributed by atoms with Gasteiger partial charge in [-0.1, -0.05) is 0 Å². The van der Waals surface area contributed by atoms with Crippen LogP contribution in [0.4, 0.5) is 10.1 Å². The Morgan fingerprint density at radius 1 is 1.42 bits per heavy atom. The van der Waals surface area contributed by atoms with Crippen LogP contribution < -0.4 is 5.32 Å². The van der Waals surface area contributed by atoms with Gasteiger partial charge in [-0.2, -0.15) is 0 Å². The fraction of sp³-hybridized carbons (Fsp3) is 0.500. The van der Waals surface area contributed by atoms with E-state index >= 15 is 0 Å². The minimum absolute atomic E-state index is 0.106. The SMILES string of the molecule is O=C(CN1CCCC(CO)C1)Nc1ccc(F)cc1. The molecule has 1 saturated heterocycles. The highest BCUT2D eigenvalue weighted by Gasteiger charge is 2.20. The zero-order valence-electron chi connectivity index (χ0n) is 10.8. The summed E-state index contributed by atoms with van der Waals surface area (Å²) in [6.07, 6.45) is 2.03. The van der Waals surface area contributed by atoms with Gasteiger partial charge in [0.25, 0.3) is 0 Å². The summed E-state index contributed by atoms with van der Waals surface area (Å²) in [6, 6.07) is 5.72. The van der Waals surface area contributed by atoms with Gasteiger partial charge in [-0.3, -0.25) is 9.69 Å². The van der Waals surface area contributed by atoms with Crippen molar-refractivity contribution in [3.05, 3.63) is 30.1 Å². The zero-order valence-corrected chi connectivity index (χ0v) is 10.8. The largest absolute Gasteiger partial charge is 0.396 e. The Labute approximate surface area is 112 Å². The lowest BCUT2D eigenvalue weighted by molar-refractivity contribution is -0.117. The van der Waals surface area contributed by atoms with Gasteiger partial charge in [-0.15, -0.1) is 0 Å². The summed E-state index contributed by atoms with van der Waals surface area (Å²) < 4.78 is 12.7. The monoisotopic (exact) mass is 266 g/mol. The van der Waals surface area contributed by atoms with E-state index in [1.807, 2.05) is 4.90 Å². The minimum Gasteiger partial charge on any atom is -0.396 e. The third-order valence-corrected chi connectivity index (χ3v) is 3.36. The normalized spacial score (nSPS) is 20.2. The van der Waals surface area contributed by atoms with Gasteiger partial charge in [0.2, 0.25) is 5.91 Å². The van der Waals surface area contributed by atoms with Crippen LogP contribution in [0.2, 0.25) is 0 Å². The van der Waals surface area contributed by atoms with Crippen LogP contribution in [-0.2, 0) is 4.79 Å². The Morgan fingerprint density at radius 3 is 2.84 bits per heavy atom. The molecule has 0 bridgehead atoms. The summed E-state index contributed by atoms with van der Waals surface area (Å²) in [5, 5.41) is 11.9. The van der Waals surface area contributed by atoms with Crippen molar-refractivity contribution < 1.29 is 14.3 Å². The van der Waals surface area contributed by atoms with E-state index in [0.29, 0.717) is 12.2 Å². The standard InChI is InChI=1S/C14H19FN2O2/c15-12-3-5-13(6-4-12)16-14(19)9-17-7-1-2-11(8-17)10-18/h3-6,11,18H,1-2,7-10H2,(H,16,19). The number of amides is 1. The highest BCUT2D eigenvalue weighted by atomic mass is 19.1. The number of piperidine rings is 1. The van der Waals surface area contributed by atoms with Crippen molar-refractivity contribution in [2.45, 2.75) is 12.8 Å². The van der Waals surface area contributed by atoms with Crippen LogP contribution >= 0.6 is 0 Å². The first-order valence-corrected chi connectivity index (χ1v) is 6.56. The predicted molar refractivity (Wildman–Crippen MR) is 71.3 cm³/mol. The molecule has 19 heavy (non-hydrogen) atoms. The minimum atomic E-state index is -0.320. The van der Waals surface area contributed by atoms with Gasteiger partial charge in [0.15, 0.2) is 0 Å². The number of hydrogen-bond donors (Lipinski definition) is 2. The highest BCUT2D eigenvalue weighted by Crippen LogP contribution is 2.15. The number of rotatable bonds is 4. The second-order valence-corrected chi connectivity index (χ2v) is 4.98. The average molecular weight is 266 g/mol. The van der Waals surface area contributed by atoms with Crippen molar-refractivity contribution in [1.29, 1.82) is 0 Å². The number of anilines is 1. The molecular formula is C14H19FN2O2. The molecule has 104 valence electrons. The molecule has 2 rings (SSSR count). The van der Waals surface area contributed by atoms with Gasteiger partial charge < -0.3 is 10.4 Å². The molecular weight excluding hydrogens is 247 g/mol. The summed E-state index contributed by atoms with van der Waals surface area (Å²) in [5.41, 5.74) is 0.599. The molecule has 1 atom stereocenters. The Kier molecular flexibility index (Phi) is 4.87. The van der Waals surface area contributed by atoms with E-state index in [-0.39, 0.29) is 24.2 Å². The zero-order chi connectivity index (χ0) is 13.7. The molecule has 0 spiro atoms. The molecule has 1 aliphatic rings. The summed E-state index contributed by atoms with van der Waals surface area (Å²) in [7, 11) is 0. The predicted octanol–water partition coefficient (Wildman–Crippen LogP) is 1.47. The molecule has 1 fully saturated rings. The third-order valence-electron chi connectivity index (χ3n) is 3.36. The molecule has 4 nitrogen and oxygen atoms in total. The first-order valence-electron chi connectivity index (χ1n) is 6.56. The Bertz CT molecular complexity index is 422. The number of nitrogens with zero attached hydrogens (tertiary/aromatic N) is 1. The number of aliphatic hydroxyl groups excluding tert-OH is 1. The fourth-order valence-electron chi connectivity index (χ4n) is 2.38. The summed E-state index contributed by atoms with van der Waals surface area (Å²) >= 11 is 0. The maximum Gasteiger partial charge on any atom is 0.238 e. The molecule has 2 N–H and O–H groups in total. The quantitative estimate of drug-likeness (QED) is 0.867. The molecule has 1 aromatic carbocycles. The Balaban J connectivity index is 1.82. The van der Waals surface area contributed by atoms with Gasteiger partial charge in [0, 0.05) is 18.8 Å². The van der Waals surface area contributed by atoms with E-state index in [1.165, 1.54) is 12.1 Å². The van der Waals surface area contributed by atoms with Gasteiger partial charge in [0.05, 0.1) is 6.54 Å². The molecule has 0 radical (unpaired) electrons. The van der Waals surface area contributed by atoms with Gasteiger partial charge >= 0.3 is 0 Å². The second kappa shape index (κ2) is 6.63. The number of halogens is 1. The molecule has 1 heterocycles. The smallest absolute Gasteiger partial charge is 0.238 e. The van der Waals surface area contributed by atoms with E-state index < -0.39 is 0 Å². The van der Waals surface area contributed by atoms with Crippen molar-refractivity contribution in [2.24, 2.45) is 5.92 Å². The Morgan fingerprint density at radius 2 is 2.16 bits per heavy atom. The van der Waals surface area contributed by atoms with Gasteiger partial charge in [-0.05, 0) is 49.6 Å². The first kappa shape index (κ1) is 14.0. The number of benzene rings is 1. The highest BCUT2D eigenvalue weighted by molar-refractivity contribution is 5.92. The lowest BCUT2D eigenvalue weighted by Gasteiger charge is -2.31. The van der Waals surface area contributed by atoms with E-state index in [1.54, 1.807) is 12.1 Å². The molecule has 0 aromatic heterocycles. The molecule has 0 aliphatic carbocycles. The van der Waals surface area contributed by atoms with Crippen molar-refractivity contribution >= 4 is 11.6 Å². The summed E-state index contributed by atoms with van der Waals surface area (Å²) in [4.78, 5) is 13.9. The van der Waals surface area contributed by atoms with Crippen LogP contribution in [0.25, 0.3) is 0 Å². The number of aliphatic hydroxyl groups is 1. The molecule has 0 saturated carbocycles. The first-order chi connectivity index (χ1) is 9.17. The maximum atomic E-state index is 12.7. The van der Waals surface area contributed by atoms with Crippen LogP contribution in [0.1, 0.15) is 12.8 Å². The van der Waals surface area contributed by atoms with Crippen LogP contribution in [0.5, 0.6) is 0 Å². The van der Waals surface area contributed by atoms with Crippen LogP contribution in [-0.4, -0.2) is 42.2 Å². The van der Waals surface area contributed by atoms with E-state index in [4.69, 9.17) is 5.11 Å². The molecule has 5 heteroatoms.